The minimum absolute atomic E-state index is 0.0155. The molecule has 1 aliphatic carbocycles. The Morgan fingerprint density at radius 3 is 2.37 bits per heavy atom. The van der Waals surface area contributed by atoms with Gasteiger partial charge < -0.3 is 10.2 Å². The molecule has 192 valence electrons. The molecule has 0 aliphatic heterocycles. The van der Waals surface area contributed by atoms with Crippen LogP contribution in [0.25, 0.3) is 0 Å². The molecule has 0 atom stereocenters. The van der Waals surface area contributed by atoms with E-state index in [0.29, 0.717) is 26.9 Å². The van der Waals surface area contributed by atoms with Crippen molar-refractivity contribution in [1.82, 2.24) is 4.57 Å². The number of nitrogens with one attached hydrogen (secondary N) is 1. The van der Waals surface area contributed by atoms with Gasteiger partial charge in [-0.05, 0) is 78.0 Å². The zero-order chi connectivity index (χ0) is 26.5. The third kappa shape index (κ3) is 4.92. The molecule has 0 unspecified atom stereocenters. The number of sulfonamides is 1. The predicted molar refractivity (Wildman–Crippen MR) is 141 cm³/mol. The van der Waals surface area contributed by atoms with E-state index in [1.165, 1.54) is 19.2 Å². The van der Waals surface area contributed by atoms with Gasteiger partial charge in [0.05, 0.1) is 16.1 Å². The Balaban J connectivity index is 2.43. The lowest BCUT2D eigenvalue weighted by molar-refractivity contribution is 0.204. The van der Waals surface area contributed by atoms with Gasteiger partial charge in [-0.2, -0.15) is 0 Å². The van der Waals surface area contributed by atoms with Crippen molar-refractivity contribution in [3.05, 3.63) is 49.1 Å². The Kier molecular flexibility index (Phi) is 7.32. The number of hydrogen-bond donors (Lipinski definition) is 3. The molecule has 1 aliphatic rings. The highest BCUT2D eigenvalue weighted by molar-refractivity contribution is 14.1. The summed E-state index contributed by atoms with van der Waals surface area (Å²) in [5, 5.41) is 19.6. The molecule has 0 bridgehead atoms. The number of halogens is 2. The van der Waals surface area contributed by atoms with Gasteiger partial charge >= 0.3 is 6.09 Å². The highest BCUT2D eigenvalue weighted by atomic mass is 127. The minimum Gasteiger partial charge on any atom is -0.464 e. The van der Waals surface area contributed by atoms with Crippen LogP contribution in [0.1, 0.15) is 51.2 Å². The van der Waals surface area contributed by atoms with Crippen LogP contribution in [0.3, 0.4) is 0 Å². The molecule has 0 saturated heterocycles. The maximum absolute atomic E-state index is 15.0. The molecule has 35 heavy (non-hydrogen) atoms. The zero-order valence-corrected chi connectivity index (χ0v) is 23.1. The number of aliphatic hydroxyl groups excluding tert-OH is 1. The van der Waals surface area contributed by atoms with E-state index in [2.05, 4.69) is 4.72 Å². The number of nitrogens with zero attached hydrogens (tertiary/aromatic N) is 2. The minimum atomic E-state index is -4.11. The summed E-state index contributed by atoms with van der Waals surface area (Å²) in [5.41, 5.74) is -1.25. The van der Waals surface area contributed by atoms with Crippen molar-refractivity contribution >= 4 is 55.9 Å². The second-order valence-electron chi connectivity index (χ2n) is 9.79. The Labute approximate surface area is 217 Å². The Morgan fingerprint density at radius 2 is 1.91 bits per heavy atom. The first-order valence-corrected chi connectivity index (χ1v) is 13.5. The quantitative estimate of drug-likeness (QED) is 0.398. The highest BCUT2D eigenvalue weighted by Crippen LogP contribution is 2.49. The molecule has 0 radical (unpaired) electrons. The lowest BCUT2D eigenvalue weighted by Gasteiger charge is -2.32. The van der Waals surface area contributed by atoms with Crippen LogP contribution in [0.5, 0.6) is 0 Å². The lowest BCUT2D eigenvalue weighted by atomic mass is 9.83. The normalized spacial score (nSPS) is 15.1. The van der Waals surface area contributed by atoms with Crippen molar-refractivity contribution < 1.29 is 27.8 Å². The summed E-state index contributed by atoms with van der Waals surface area (Å²) in [5.74, 6) is -1.17. The van der Waals surface area contributed by atoms with Crippen LogP contribution in [-0.4, -0.2) is 40.6 Å². The molecule has 2 aromatic rings. The van der Waals surface area contributed by atoms with Crippen LogP contribution in [0.2, 0.25) is 0 Å². The molecular weight excluding hydrogens is 592 g/mol. The third-order valence-electron chi connectivity index (χ3n) is 6.28. The lowest BCUT2D eigenvalue weighted by Crippen LogP contribution is -2.38. The molecule has 9 nitrogen and oxygen atoms in total. The van der Waals surface area contributed by atoms with E-state index in [4.69, 9.17) is 0 Å². The van der Waals surface area contributed by atoms with Crippen LogP contribution in [-0.2, 0) is 22.5 Å². The maximum atomic E-state index is 15.0. The Hall–Kier alpha value is -2.19. The number of anilines is 3. The first-order valence-electron chi connectivity index (χ1n) is 10.9. The van der Waals surface area contributed by atoms with Gasteiger partial charge in [0.25, 0.3) is 5.56 Å². The van der Waals surface area contributed by atoms with E-state index in [1.807, 2.05) is 22.6 Å². The van der Waals surface area contributed by atoms with Crippen LogP contribution in [0.4, 0.5) is 26.4 Å². The van der Waals surface area contributed by atoms with Gasteiger partial charge in [0.2, 0.25) is 10.0 Å². The topological polar surface area (TPSA) is 129 Å². The fraction of sp³-hybridized carbons (Fsp3) is 0.478. The molecule has 1 saturated carbocycles. The van der Waals surface area contributed by atoms with Crippen molar-refractivity contribution in [3.8, 4) is 0 Å². The van der Waals surface area contributed by atoms with Gasteiger partial charge in [-0.15, -0.1) is 0 Å². The van der Waals surface area contributed by atoms with Crippen molar-refractivity contribution in [2.24, 2.45) is 7.05 Å². The molecule has 0 spiro atoms. The molecule has 3 rings (SSSR count). The number of hydrogen-bond acceptors (Lipinski definition) is 5. The van der Waals surface area contributed by atoms with Crippen molar-refractivity contribution in [2.75, 3.05) is 16.2 Å². The number of benzene rings is 1. The number of aromatic nitrogens is 1. The standard InChI is InChI=1S/C23H29FIN3O6S/c1-13-17(22(2,3)4)18(26-35(33,34)23(8-9-23)10-11-29)19(27(5)20(13)30)28(21(31)32)16-7-6-14(25)12-15(16)24/h6-7,12,26,29H,8-11H2,1-5H3,(H,31,32). The van der Waals surface area contributed by atoms with Crippen molar-refractivity contribution in [3.63, 3.8) is 0 Å². The monoisotopic (exact) mass is 621 g/mol. The molecule has 1 aromatic heterocycles. The number of aliphatic hydroxyl groups is 1. The SMILES string of the molecule is Cc1c(C(C)(C)C)c(NS(=O)(=O)C2(CCO)CC2)c(N(C(=O)O)c2ccc(I)cc2F)n(C)c1=O. The van der Waals surface area contributed by atoms with Gasteiger partial charge in [0, 0.05) is 22.8 Å². The summed E-state index contributed by atoms with van der Waals surface area (Å²) in [7, 11) is -2.80. The third-order valence-corrected chi connectivity index (χ3v) is 9.17. The molecule has 1 heterocycles. The van der Waals surface area contributed by atoms with Crippen molar-refractivity contribution in [2.45, 2.75) is 57.1 Å². The molecule has 12 heteroatoms. The van der Waals surface area contributed by atoms with E-state index < -0.39 is 37.7 Å². The van der Waals surface area contributed by atoms with E-state index in [0.717, 1.165) is 10.6 Å². The van der Waals surface area contributed by atoms with Crippen molar-refractivity contribution in [1.29, 1.82) is 0 Å². The number of amides is 1. The smallest absolute Gasteiger partial charge is 0.417 e. The van der Waals surface area contributed by atoms with Gasteiger partial charge in [-0.1, -0.05) is 20.8 Å². The van der Waals surface area contributed by atoms with Crippen LogP contribution in [0.15, 0.2) is 23.0 Å². The first-order chi connectivity index (χ1) is 16.1. The van der Waals surface area contributed by atoms with E-state index >= 15 is 0 Å². The molecule has 1 amide bonds. The van der Waals surface area contributed by atoms with Crippen LogP contribution in [0, 0.1) is 16.3 Å². The second kappa shape index (κ2) is 9.36. The zero-order valence-electron chi connectivity index (χ0n) is 20.1. The van der Waals surface area contributed by atoms with Gasteiger partial charge in [0.1, 0.15) is 5.82 Å². The number of carboxylic acid groups (broad SMARTS) is 1. The summed E-state index contributed by atoms with van der Waals surface area (Å²) in [4.78, 5) is 26.3. The summed E-state index contributed by atoms with van der Waals surface area (Å²) in [6, 6.07) is 3.92. The Bertz CT molecular complexity index is 1350. The predicted octanol–water partition coefficient (Wildman–Crippen LogP) is 4.21. The summed E-state index contributed by atoms with van der Waals surface area (Å²) >= 11 is 1.88. The van der Waals surface area contributed by atoms with E-state index in [-0.39, 0.29) is 35.8 Å². The van der Waals surface area contributed by atoms with Gasteiger partial charge in [0.15, 0.2) is 5.82 Å². The van der Waals surface area contributed by atoms with E-state index in [9.17, 15) is 32.6 Å². The number of pyridine rings is 1. The van der Waals surface area contributed by atoms with Crippen LogP contribution >= 0.6 is 22.6 Å². The molecule has 1 fully saturated rings. The fourth-order valence-corrected chi connectivity index (χ4v) is 6.56. The molecular formula is C23H29FIN3O6S. The average molecular weight is 621 g/mol. The average Bonchev–Trinajstić information content (AvgIpc) is 3.50. The number of carbonyl (C=O) groups is 1. The summed E-state index contributed by atoms with van der Waals surface area (Å²) in [6.07, 6.45) is -0.910. The highest BCUT2D eigenvalue weighted by Gasteiger charge is 2.54. The largest absolute Gasteiger partial charge is 0.464 e. The molecule has 3 N–H and O–H groups in total. The maximum Gasteiger partial charge on any atom is 0.417 e. The van der Waals surface area contributed by atoms with Gasteiger partial charge in [-0.3, -0.25) is 14.1 Å². The van der Waals surface area contributed by atoms with Crippen LogP contribution < -0.4 is 15.2 Å². The number of rotatable bonds is 7. The summed E-state index contributed by atoms with van der Waals surface area (Å²) in [6.45, 7) is 6.53. The second-order valence-corrected chi connectivity index (χ2v) is 13.1. The molecule has 1 aromatic carbocycles. The fourth-order valence-electron chi connectivity index (χ4n) is 4.43. The van der Waals surface area contributed by atoms with Gasteiger partial charge in [-0.25, -0.2) is 22.5 Å². The Morgan fingerprint density at radius 1 is 1.31 bits per heavy atom. The van der Waals surface area contributed by atoms with E-state index in [1.54, 1.807) is 27.7 Å². The first kappa shape index (κ1) is 27.4. The summed E-state index contributed by atoms with van der Waals surface area (Å²) < 4.78 is 44.9.